The Morgan fingerprint density at radius 2 is 1.83 bits per heavy atom. The minimum atomic E-state index is -1.21. The highest BCUT2D eigenvalue weighted by atomic mass is 16.4. The first-order valence-corrected chi connectivity index (χ1v) is 5.81. The number of nitrogens with one attached hydrogen (secondary N) is 1. The molecule has 0 aliphatic rings. The molecule has 0 saturated heterocycles. The van der Waals surface area contributed by atoms with Crippen LogP contribution >= 0.6 is 0 Å². The molecule has 0 aliphatic heterocycles. The van der Waals surface area contributed by atoms with Gasteiger partial charge in [0, 0.05) is 6.42 Å². The molecular formula is C11H21N3O4. The van der Waals surface area contributed by atoms with Crippen LogP contribution in [0.25, 0.3) is 0 Å². The van der Waals surface area contributed by atoms with E-state index in [0.29, 0.717) is 6.42 Å². The number of hydrogen-bond acceptors (Lipinski definition) is 4. The van der Waals surface area contributed by atoms with Gasteiger partial charge in [-0.15, -0.1) is 0 Å². The lowest BCUT2D eigenvalue weighted by Crippen LogP contribution is -2.49. The van der Waals surface area contributed by atoms with Crippen LogP contribution in [-0.4, -0.2) is 35.0 Å². The summed E-state index contributed by atoms with van der Waals surface area (Å²) in [6.45, 7) is 3.82. The van der Waals surface area contributed by atoms with E-state index in [1.807, 2.05) is 13.8 Å². The van der Waals surface area contributed by atoms with Crippen molar-refractivity contribution in [2.45, 2.75) is 45.2 Å². The van der Waals surface area contributed by atoms with Gasteiger partial charge >= 0.3 is 5.97 Å². The lowest BCUT2D eigenvalue weighted by molar-refractivity contribution is -0.142. The molecule has 0 aliphatic carbocycles. The molecule has 0 heterocycles. The number of carbonyl (C=O) groups excluding carboxylic acids is 2. The molecule has 0 saturated carbocycles. The Labute approximate surface area is 106 Å². The van der Waals surface area contributed by atoms with Gasteiger partial charge in [-0.2, -0.15) is 0 Å². The second-order valence-corrected chi connectivity index (χ2v) is 4.64. The van der Waals surface area contributed by atoms with Gasteiger partial charge in [-0.25, -0.2) is 4.79 Å². The molecule has 2 atom stereocenters. The maximum absolute atomic E-state index is 11.6. The summed E-state index contributed by atoms with van der Waals surface area (Å²) in [6.07, 6.45) is 0.329. The predicted molar refractivity (Wildman–Crippen MR) is 65.4 cm³/mol. The average molecular weight is 259 g/mol. The SMILES string of the molecule is CC(C)C[C@@H](N)C(=O)NC(CCC(N)=O)C(=O)O. The first kappa shape index (κ1) is 16.4. The van der Waals surface area contributed by atoms with Gasteiger partial charge in [0.2, 0.25) is 11.8 Å². The van der Waals surface area contributed by atoms with Crippen molar-refractivity contribution < 1.29 is 19.5 Å². The fourth-order valence-corrected chi connectivity index (χ4v) is 1.44. The molecule has 104 valence electrons. The van der Waals surface area contributed by atoms with Crippen molar-refractivity contribution in [1.29, 1.82) is 0 Å². The van der Waals surface area contributed by atoms with Crippen molar-refractivity contribution in [2.24, 2.45) is 17.4 Å². The second-order valence-electron chi connectivity index (χ2n) is 4.64. The molecule has 0 radical (unpaired) electrons. The Kier molecular flexibility index (Phi) is 6.96. The van der Waals surface area contributed by atoms with Crippen molar-refractivity contribution in [3.05, 3.63) is 0 Å². The maximum atomic E-state index is 11.6. The zero-order valence-corrected chi connectivity index (χ0v) is 10.7. The number of hydrogen-bond donors (Lipinski definition) is 4. The molecule has 0 spiro atoms. The summed E-state index contributed by atoms with van der Waals surface area (Å²) in [7, 11) is 0. The van der Waals surface area contributed by atoms with Gasteiger partial charge in [-0.3, -0.25) is 9.59 Å². The summed E-state index contributed by atoms with van der Waals surface area (Å²) >= 11 is 0. The molecule has 18 heavy (non-hydrogen) atoms. The molecule has 0 fully saturated rings. The zero-order chi connectivity index (χ0) is 14.3. The molecule has 0 rings (SSSR count). The predicted octanol–water partition coefficient (Wildman–Crippen LogP) is -0.805. The standard InChI is InChI=1S/C11H21N3O4/c1-6(2)5-7(12)10(16)14-8(11(17)18)3-4-9(13)15/h6-8H,3-5,12H2,1-2H3,(H2,13,15)(H,14,16)(H,17,18)/t7-,8?/m1/s1. The molecule has 1 unspecified atom stereocenters. The highest BCUT2D eigenvalue weighted by molar-refractivity contribution is 5.87. The first-order valence-electron chi connectivity index (χ1n) is 5.81. The summed E-state index contributed by atoms with van der Waals surface area (Å²) in [5.74, 6) is -2.11. The van der Waals surface area contributed by atoms with Crippen molar-refractivity contribution >= 4 is 17.8 Å². The molecule has 2 amide bonds. The minimum absolute atomic E-state index is 0.0369. The maximum Gasteiger partial charge on any atom is 0.326 e. The third-order valence-corrected chi connectivity index (χ3v) is 2.36. The van der Waals surface area contributed by atoms with Crippen LogP contribution in [0.1, 0.15) is 33.1 Å². The molecule has 6 N–H and O–H groups in total. The van der Waals surface area contributed by atoms with Crippen molar-refractivity contribution in [1.82, 2.24) is 5.32 Å². The average Bonchev–Trinajstić information content (AvgIpc) is 2.21. The van der Waals surface area contributed by atoms with E-state index in [1.54, 1.807) is 0 Å². The van der Waals surface area contributed by atoms with Crippen LogP contribution in [0, 0.1) is 5.92 Å². The summed E-state index contributed by atoms with van der Waals surface area (Å²) in [6, 6.07) is -1.89. The van der Waals surface area contributed by atoms with Gasteiger partial charge in [0.05, 0.1) is 6.04 Å². The topological polar surface area (TPSA) is 136 Å². The molecule has 7 heteroatoms. The van der Waals surface area contributed by atoms with Crippen LogP contribution in [-0.2, 0) is 14.4 Å². The van der Waals surface area contributed by atoms with E-state index in [0.717, 1.165) is 0 Å². The zero-order valence-electron chi connectivity index (χ0n) is 10.7. The van der Waals surface area contributed by atoms with Crippen molar-refractivity contribution in [3.63, 3.8) is 0 Å². The summed E-state index contributed by atoms with van der Waals surface area (Å²) in [5, 5.41) is 11.2. The lowest BCUT2D eigenvalue weighted by Gasteiger charge is -2.18. The molecule has 0 aromatic carbocycles. The van der Waals surface area contributed by atoms with Gasteiger partial charge < -0.3 is 21.9 Å². The number of primary amides is 1. The Bertz CT molecular complexity index is 317. The fraction of sp³-hybridized carbons (Fsp3) is 0.727. The summed E-state index contributed by atoms with van der Waals surface area (Å²) in [5.41, 5.74) is 10.6. The third kappa shape index (κ3) is 6.85. The van der Waals surface area contributed by atoms with E-state index in [2.05, 4.69) is 5.32 Å². The lowest BCUT2D eigenvalue weighted by atomic mass is 10.0. The Morgan fingerprint density at radius 1 is 1.28 bits per heavy atom. The Hall–Kier alpha value is -1.63. The smallest absolute Gasteiger partial charge is 0.326 e. The number of carbonyl (C=O) groups is 3. The molecule has 7 nitrogen and oxygen atoms in total. The highest BCUT2D eigenvalue weighted by Gasteiger charge is 2.23. The van der Waals surface area contributed by atoms with Gasteiger partial charge in [0.15, 0.2) is 0 Å². The van der Waals surface area contributed by atoms with Gasteiger partial charge in [0.25, 0.3) is 0 Å². The quantitative estimate of drug-likeness (QED) is 0.452. The Balaban J connectivity index is 4.35. The van der Waals surface area contributed by atoms with Crippen LogP contribution in [0.4, 0.5) is 0 Å². The second kappa shape index (κ2) is 7.65. The van der Waals surface area contributed by atoms with Crippen LogP contribution < -0.4 is 16.8 Å². The Morgan fingerprint density at radius 3 is 2.22 bits per heavy atom. The number of nitrogens with two attached hydrogens (primary N) is 2. The fourth-order valence-electron chi connectivity index (χ4n) is 1.44. The normalized spacial score (nSPS) is 14.0. The number of carboxylic acid groups (broad SMARTS) is 1. The largest absolute Gasteiger partial charge is 0.480 e. The van der Waals surface area contributed by atoms with Crippen LogP contribution in [0.3, 0.4) is 0 Å². The van der Waals surface area contributed by atoms with Crippen LogP contribution in [0.15, 0.2) is 0 Å². The van der Waals surface area contributed by atoms with E-state index < -0.39 is 29.9 Å². The minimum Gasteiger partial charge on any atom is -0.480 e. The van der Waals surface area contributed by atoms with E-state index in [-0.39, 0.29) is 18.8 Å². The number of rotatable bonds is 8. The van der Waals surface area contributed by atoms with E-state index in [9.17, 15) is 14.4 Å². The monoisotopic (exact) mass is 259 g/mol. The number of aliphatic carboxylic acids is 1. The van der Waals surface area contributed by atoms with Gasteiger partial charge in [-0.1, -0.05) is 13.8 Å². The van der Waals surface area contributed by atoms with E-state index in [1.165, 1.54) is 0 Å². The van der Waals surface area contributed by atoms with E-state index >= 15 is 0 Å². The molecular weight excluding hydrogens is 238 g/mol. The van der Waals surface area contributed by atoms with Gasteiger partial charge in [-0.05, 0) is 18.8 Å². The summed E-state index contributed by atoms with van der Waals surface area (Å²) in [4.78, 5) is 33.1. The molecule has 0 aromatic rings. The number of carboxylic acids is 1. The van der Waals surface area contributed by atoms with E-state index in [4.69, 9.17) is 16.6 Å². The highest BCUT2D eigenvalue weighted by Crippen LogP contribution is 2.04. The number of amides is 2. The van der Waals surface area contributed by atoms with Crippen LogP contribution in [0.2, 0.25) is 0 Å². The molecule has 0 aromatic heterocycles. The van der Waals surface area contributed by atoms with Crippen molar-refractivity contribution in [2.75, 3.05) is 0 Å². The summed E-state index contributed by atoms with van der Waals surface area (Å²) < 4.78 is 0. The van der Waals surface area contributed by atoms with Crippen LogP contribution in [0.5, 0.6) is 0 Å². The van der Waals surface area contributed by atoms with Gasteiger partial charge in [0.1, 0.15) is 6.04 Å². The first-order chi connectivity index (χ1) is 8.23. The third-order valence-electron chi connectivity index (χ3n) is 2.36. The van der Waals surface area contributed by atoms with Crippen molar-refractivity contribution in [3.8, 4) is 0 Å². The molecule has 0 bridgehead atoms.